The number of carbonyl (C=O) groups excluding carboxylic acids is 1. The summed E-state index contributed by atoms with van der Waals surface area (Å²) in [6.07, 6.45) is 4.11. The molecule has 0 fully saturated rings. The van der Waals surface area contributed by atoms with Crippen molar-refractivity contribution in [2.75, 3.05) is 0 Å². The van der Waals surface area contributed by atoms with Gasteiger partial charge in [-0.15, -0.1) is 6.58 Å². The Kier molecular flexibility index (Phi) is 6.20. The minimum Gasteiger partial charge on any atom is -0.353 e. The number of benzene rings is 1. The molecule has 0 aliphatic rings. The summed E-state index contributed by atoms with van der Waals surface area (Å²) in [6.45, 7) is 7.87. The predicted octanol–water partition coefficient (Wildman–Crippen LogP) is 3.34. The van der Waals surface area contributed by atoms with Crippen molar-refractivity contribution in [2.45, 2.75) is 39.2 Å². The number of rotatable bonds is 7. The SMILES string of the molecule is C=CCC(Cc1ccccc1)NC(=O)CC(C)C. The topological polar surface area (TPSA) is 29.1 Å². The van der Waals surface area contributed by atoms with Gasteiger partial charge in [-0.2, -0.15) is 0 Å². The van der Waals surface area contributed by atoms with E-state index in [1.54, 1.807) is 0 Å². The van der Waals surface area contributed by atoms with E-state index in [4.69, 9.17) is 0 Å². The van der Waals surface area contributed by atoms with Gasteiger partial charge in [-0.1, -0.05) is 50.3 Å². The van der Waals surface area contributed by atoms with Gasteiger partial charge in [0.2, 0.25) is 5.91 Å². The van der Waals surface area contributed by atoms with Crippen molar-refractivity contribution in [3.8, 4) is 0 Å². The Morgan fingerprint density at radius 3 is 2.56 bits per heavy atom. The highest BCUT2D eigenvalue weighted by Gasteiger charge is 2.12. The zero-order valence-electron chi connectivity index (χ0n) is 11.4. The number of hydrogen-bond donors (Lipinski definition) is 1. The van der Waals surface area contributed by atoms with Gasteiger partial charge in [0.15, 0.2) is 0 Å². The van der Waals surface area contributed by atoms with Crippen LogP contribution in [-0.4, -0.2) is 11.9 Å². The molecule has 0 radical (unpaired) electrons. The van der Waals surface area contributed by atoms with E-state index < -0.39 is 0 Å². The molecule has 0 aromatic heterocycles. The zero-order chi connectivity index (χ0) is 13.4. The van der Waals surface area contributed by atoms with E-state index in [0.29, 0.717) is 12.3 Å². The molecule has 0 spiro atoms. The van der Waals surface area contributed by atoms with Gasteiger partial charge >= 0.3 is 0 Å². The highest BCUT2D eigenvalue weighted by Crippen LogP contribution is 2.07. The summed E-state index contributed by atoms with van der Waals surface area (Å²) in [4.78, 5) is 11.8. The lowest BCUT2D eigenvalue weighted by Gasteiger charge is -2.18. The first-order valence-corrected chi connectivity index (χ1v) is 6.56. The molecule has 1 atom stereocenters. The molecule has 2 heteroatoms. The van der Waals surface area contributed by atoms with E-state index in [-0.39, 0.29) is 11.9 Å². The largest absolute Gasteiger partial charge is 0.353 e. The Bertz CT molecular complexity index is 370. The predicted molar refractivity (Wildman–Crippen MR) is 76.3 cm³/mol. The highest BCUT2D eigenvalue weighted by molar-refractivity contribution is 5.76. The monoisotopic (exact) mass is 245 g/mol. The first-order valence-electron chi connectivity index (χ1n) is 6.56. The van der Waals surface area contributed by atoms with Gasteiger partial charge in [-0.3, -0.25) is 4.79 Å². The number of carbonyl (C=O) groups is 1. The van der Waals surface area contributed by atoms with Crippen LogP contribution in [0.15, 0.2) is 43.0 Å². The minimum atomic E-state index is 0.132. The Balaban J connectivity index is 2.54. The van der Waals surface area contributed by atoms with E-state index in [1.807, 2.05) is 24.3 Å². The van der Waals surface area contributed by atoms with Gasteiger partial charge in [-0.05, 0) is 24.3 Å². The summed E-state index contributed by atoms with van der Waals surface area (Å²) in [5.41, 5.74) is 1.24. The van der Waals surface area contributed by atoms with Crippen molar-refractivity contribution < 1.29 is 4.79 Å². The molecule has 0 bridgehead atoms. The lowest BCUT2D eigenvalue weighted by Crippen LogP contribution is -2.36. The average molecular weight is 245 g/mol. The van der Waals surface area contributed by atoms with E-state index in [9.17, 15) is 4.79 Å². The molecule has 98 valence electrons. The molecular formula is C16H23NO. The van der Waals surface area contributed by atoms with Crippen LogP contribution >= 0.6 is 0 Å². The van der Waals surface area contributed by atoms with Crippen molar-refractivity contribution in [1.29, 1.82) is 0 Å². The first kappa shape index (κ1) is 14.5. The molecule has 1 rings (SSSR count). The second-order valence-electron chi connectivity index (χ2n) is 5.08. The molecule has 1 unspecified atom stereocenters. The summed E-state index contributed by atoms with van der Waals surface area (Å²) in [6, 6.07) is 10.4. The van der Waals surface area contributed by atoms with Gasteiger partial charge < -0.3 is 5.32 Å². The maximum atomic E-state index is 11.8. The molecule has 18 heavy (non-hydrogen) atoms. The fraction of sp³-hybridized carbons (Fsp3) is 0.438. The maximum Gasteiger partial charge on any atom is 0.220 e. The van der Waals surface area contributed by atoms with Crippen LogP contribution in [0.1, 0.15) is 32.3 Å². The molecule has 0 heterocycles. The van der Waals surface area contributed by atoms with E-state index >= 15 is 0 Å². The third kappa shape index (κ3) is 5.67. The van der Waals surface area contributed by atoms with E-state index in [0.717, 1.165) is 12.8 Å². The van der Waals surface area contributed by atoms with Crippen molar-refractivity contribution in [2.24, 2.45) is 5.92 Å². The van der Waals surface area contributed by atoms with Gasteiger partial charge in [0.25, 0.3) is 0 Å². The van der Waals surface area contributed by atoms with Crippen LogP contribution in [0, 0.1) is 5.92 Å². The molecule has 0 saturated heterocycles. The van der Waals surface area contributed by atoms with Crippen LogP contribution < -0.4 is 5.32 Å². The summed E-state index contributed by atoms with van der Waals surface area (Å²) in [5, 5.41) is 3.09. The Labute approximate surface area is 110 Å². The molecular weight excluding hydrogens is 222 g/mol. The average Bonchev–Trinajstić information content (AvgIpc) is 2.29. The number of hydrogen-bond acceptors (Lipinski definition) is 1. The number of amides is 1. The Hall–Kier alpha value is -1.57. The highest BCUT2D eigenvalue weighted by atomic mass is 16.1. The summed E-state index contributed by atoms with van der Waals surface area (Å²) >= 11 is 0. The molecule has 0 aliphatic carbocycles. The zero-order valence-corrected chi connectivity index (χ0v) is 11.4. The second kappa shape index (κ2) is 7.70. The van der Waals surface area contributed by atoms with Crippen LogP contribution in [-0.2, 0) is 11.2 Å². The minimum absolute atomic E-state index is 0.132. The fourth-order valence-electron chi connectivity index (χ4n) is 1.95. The van der Waals surface area contributed by atoms with Crippen LogP contribution in [0.5, 0.6) is 0 Å². The lowest BCUT2D eigenvalue weighted by molar-refractivity contribution is -0.122. The van der Waals surface area contributed by atoms with Crippen molar-refractivity contribution in [3.05, 3.63) is 48.6 Å². The molecule has 2 nitrogen and oxygen atoms in total. The number of nitrogens with one attached hydrogen (secondary N) is 1. The van der Waals surface area contributed by atoms with Gasteiger partial charge in [0.1, 0.15) is 0 Å². The van der Waals surface area contributed by atoms with Gasteiger partial charge in [0.05, 0.1) is 0 Å². The Morgan fingerprint density at radius 2 is 2.00 bits per heavy atom. The van der Waals surface area contributed by atoms with Crippen molar-refractivity contribution in [1.82, 2.24) is 5.32 Å². The first-order chi connectivity index (χ1) is 8.61. The Morgan fingerprint density at radius 1 is 1.33 bits per heavy atom. The summed E-state index contributed by atoms with van der Waals surface area (Å²) < 4.78 is 0. The van der Waals surface area contributed by atoms with E-state index in [1.165, 1.54) is 5.56 Å². The standard InChI is InChI=1S/C16H23NO/c1-4-8-15(17-16(18)11-13(2)3)12-14-9-6-5-7-10-14/h4-7,9-10,13,15H,1,8,11-12H2,2-3H3,(H,17,18). The summed E-state index contributed by atoms with van der Waals surface area (Å²) in [5.74, 6) is 0.527. The van der Waals surface area contributed by atoms with Crippen LogP contribution in [0.4, 0.5) is 0 Å². The van der Waals surface area contributed by atoms with Crippen molar-refractivity contribution in [3.63, 3.8) is 0 Å². The lowest BCUT2D eigenvalue weighted by atomic mass is 10.0. The van der Waals surface area contributed by atoms with Crippen LogP contribution in [0.2, 0.25) is 0 Å². The second-order valence-corrected chi connectivity index (χ2v) is 5.08. The van der Waals surface area contributed by atoms with Crippen LogP contribution in [0.3, 0.4) is 0 Å². The van der Waals surface area contributed by atoms with E-state index in [2.05, 4.69) is 37.9 Å². The third-order valence-electron chi connectivity index (χ3n) is 2.73. The quantitative estimate of drug-likeness (QED) is 0.733. The van der Waals surface area contributed by atoms with Crippen molar-refractivity contribution >= 4 is 5.91 Å². The molecule has 1 aromatic carbocycles. The molecule has 1 N–H and O–H groups in total. The fourth-order valence-corrected chi connectivity index (χ4v) is 1.95. The molecule has 1 aromatic rings. The summed E-state index contributed by atoms with van der Waals surface area (Å²) in [7, 11) is 0. The van der Waals surface area contributed by atoms with Crippen LogP contribution in [0.25, 0.3) is 0 Å². The molecule has 0 saturated carbocycles. The third-order valence-corrected chi connectivity index (χ3v) is 2.73. The molecule has 0 aliphatic heterocycles. The van der Waals surface area contributed by atoms with Gasteiger partial charge in [0, 0.05) is 12.5 Å². The maximum absolute atomic E-state index is 11.8. The molecule has 1 amide bonds. The normalized spacial score (nSPS) is 12.2. The smallest absolute Gasteiger partial charge is 0.220 e. The van der Waals surface area contributed by atoms with Gasteiger partial charge in [-0.25, -0.2) is 0 Å².